The number of aromatic nitrogens is 1. The van der Waals surface area contributed by atoms with E-state index in [0.29, 0.717) is 11.4 Å². The van der Waals surface area contributed by atoms with Gasteiger partial charge >= 0.3 is 5.97 Å². The monoisotopic (exact) mass is 168 g/mol. The van der Waals surface area contributed by atoms with E-state index in [1.54, 1.807) is 6.07 Å². The van der Waals surface area contributed by atoms with Gasteiger partial charge in [-0.25, -0.2) is 0 Å². The molecule has 0 amide bonds. The fourth-order valence-electron chi connectivity index (χ4n) is 1.13. The van der Waals surface area contributed by atoms with Crippen LogP contribution in [0.4, 0.5) is 5.69 Å². The molecule has 0 aromatic carbocycles. The molecule has 4 nitrogen and oxygen atoms in total. The summed E-state index contributed by atoms with van der Waals surface area (Å²) in [7, 11) is 0. The van der Waals surface area contributed by atoms with E-state index in [4.69, 9.17) is 10.8 Å². The Morgan fingerprint density at radius 1 is 1.75 bits per heavy atom. The molecular weight excluding hydrogens is 156 g/mol. The zero-order valence-electron chi connectivity index (χ0n) is 6.92. The molecule has 1 rings (SSSR count). The normalized spacial score (nSPS) is 10.1. The summed E-state index contributed by atoms with van der Waals surface area (Å²) in [6.45, 7) is 1.97. The van der Waals surface area contributed by atoms with Gasteiger partial charge in [0.1, 0.15) is 0 Å². The molecule has 0 aliphatic rings. The molecule has 1 heterocycles. The minimum absolute atomic E-state index is 0.00417. The van der Waals surface area contributed by atoms with Crippen LogP contribution in [0.5, 0.6) is 0 Å². The molecule has 0 radical (unpaired) electrons. The van der Waals surface area contributed by atoms with E-state index in [1.165, 1.54) is 0 Å². The maximum Gasteiger partial charge on any atom is 0.309 e. The standard InChI is InChI=1S/C8H12N2O2/c1-2-7-6(9)3-5(10-7)4-8(11)12/h3,10H,2,4,9H2,1H3,(H,11,12). The van der Waals surface area contributed by atoms with E-state index in [0.717, 1.165) is 12.1 Å². The number of rotatable bonds is 3. The van der Waals surface area contributed by atoms with Gasteiger partial charge in [0.05, 0.1) is 12.1 Å². The van der Waals surface area contributed by atoms with E-state index in [9.17, 15) is 4.79 Å². The molecule has 0 saturated carbocycles. The van der Waals surface area contributed by atoms with E-state index >= 15 is 0 Å². The number of carboxylic acids is 1. The Morgan fingerprint density at radius 2 is 2.42 bits per heavy atom. The lowest BCUT2D eigenvalue weighted by atomic mass is 10.3. The van der Waals surface area contributed by atoms with Crippen LogP contribution in [0.3, 0.4) is 0 Å². The van der Waals surface area contributed by atoms with Crippen LogP contribution in [0.25, 0.3) is 0 Å². The third kappa shape index (κ3) is 1.78. The van der Waals surface area contributed by atoms with Crippen LogP contribution in [0.1, 0.15) is 18.3 Å². The largest absolute Gasteiger partial charge is 0.481 e. The maximum absolute atomic E-state index is 10.3. The Hall–Kier alpha value is -1.45. The lowest BCUT2D eigenvalue weighted by Gasteiger charge is -1.91. The molecule has 0 atom stereocenters. The molecule has 0 saturated heterocycles. The van der Waals surface area contributed by atoms with Crippen LogP contribution in [-0.4, -0.2) is 16.1 Å². The minimum atomic E-state index is -0.848. The Balaban J connectivity index is 2.82. The number of anilines is 1. The molecule has 0 aliphatic heterocycles. The zero-order chi connectivity index (χ0) is 9.14. The highest BCUT2D eigenvalue weighted by molar-refractivity contribution is 5.70. The first kappa shape index (κ1) is 8.64. The second kappa shape index (κ2) is 3.30. The number of nitrogens with one attached hydrogen (secondary N) is 1. The number of aromatic amines is 1. The van der Waals surface area contributed by atoms with Gasteiger partial charge in [0.15, 0.2) is 0 Å². The smallest absolute Gasteiger partial charge is 0.309 e. The van der Waals surface area contributed by atoms with Crippen molar-refractivity contribution in [1.29, 1.82) is 0 Å². The minimum Gasteiger partial charge on any atom is -0.481 e. The van der Waals surface area contributed by atoms with Crippen molar-refractivity contribution in [2.75, 3.05) is 5.73 Å². The fraction of sp³-hybridized carbons (Fsp3) is 0.375. The number of aliphatic carboxylic acids is 1. The first-order chi connectivity index (χ1) is 5.63. The molecule has 66 valence electrons. The Labute approximate surface area is 70.4 Å². The summed E-state index contributed by atoms with van der Waals surface area (Å²) < 4.78 is 0. The number of H-pyrrole nitrogens is 1. The molecule has 1 aromatic rings. The van der Waals surface area contributed by atoms with Gasteiger partial charge in [-0.3, -0.25) is 4.79 Å². The van der Waals surface area contributed by atoms with Gasteiger partial charge in [-0.2, -0.15) is 0 Å². The fourth-order valence-corrected chi connectivity index (χ4v) is 1.13. The lowest BCUT2D eigenvalue weighted by Crippen LogP contribution is -2.00. The van der Waals surface area contributed by atoms with E-state index in [2.05, 4.69) is 4.98 Å². The van der Waals surface area contributed by atoms with Crippen molar-refractivity contribution < 1.29 is 9.90 Å². The first-order valence-corrected chi connectivity index (χ1v) is 3.81. The van der Waals surface area contributed by atoms with E-state index in [-0.39, 0.29) is 6.42 Å². The lowest BCUT2D eigenvalue weighted by molar-refractivity contribution is -0.136. The molecule has 0 aliphatic carbocycles. The average Bonchev–Trinajstić information content (AvgIpc) is 2.29. The Morgan fingerprint density at radius 3 is 2.83 bits per heavy atom. The van der Waals surface area contributed by atoms with Gasteiger partial charge in [0, 0.05) is 11.4 Å². The van der Waals surface area contributed by atoms with Crippen molar-refractivity contribution in [1.82, 2.24) is 4.98 Å². The quantitative estimate of drug-likeness (QED) is 0.624. The van der Waals surface area contributed by atoms with Gasteiger partial charge in [0.2, 0.25) is 0 Å². The van der Waals surface area contributed by atoms with Crippen molar-refractivity contribution >= 4 is 11.7 Å². The van der Waals surface area contributed by atoms with Crippen molar-refractivity contribution in [3.8, 4) is 0 Å². The number of carboxylic acid groups (broad SMARTS) is 1. The molecule has 0 bridgehead atoms. The Bertz CT molecular complexity index is 291. The van der Waals surface area contributed by atoms with Gasteiger partial charge in [-0.1, -0.05) is 6.92 Å². The molecule has 4 N–H and O–H groups in total. The first-order valence-electron chi connectivity index (χ1n) is 3.81. The van der Waals surface area contributed by atoms with Crippen molar-refractivity contribution in [3.63, 3.8) is 0 Å². The predicted molar refractivity (Wildman–Crippen MR) is 45.9 cm³/mol. The van der Waals surface area contributed by atoms with Crippen LogP contribution in [0, 0.1) is 0 Å². The molecule has 0 fully saturated rings. The number of hydrogen-bond donors (Lipinski definition) is 3. The summed E-state index contributed by atoms with van der Waals surface area (Å²) in [5, 5.41) is 8.48. The van der Waals surface area contributed by atoms with Gasteiger partial charge in [-0.15, -0.1) is 0 Å². The van der Waals surface area contributed by atoms with Crippen molar-refractivity contribution in [2.24, 2.45) is 0 Å². The summed E-state index contributed by atoms with van der Waals surface area (Å²) in [5.41, 5.74) is 7.82. The molecule has 4 heteroatoms. The zero-order valence-corrected chi connectivity index (χ0v) is 6.92. The molecule has 0 spiro atoms. The second-order valence-electron chi connectivity index (χ2n) is 2.65. The molecule has 12 heavy (non-hydrogen) atoms. The number of carbonyl (C=O) groups is 1. The highest BCUT2D eigenvalue weighted by Gasteiger charge is 2.06. The topological polar surface area (TPSA) is 79.1 Å². The van der Waals surface area contributed by atoms with E-state index < -0.39 is 5.97 Å². The summed E-state index contributed by atoms with van der Waals surface area (Å²) in [6.07, 6.45) is 0.801. The highest BCUT2D eigenvalue weighted by atomic mass is 16.4. The highest BCUT2D eigenvalue weighted by Crippen LogP contribution is 2.13. The van der Waals surface area contributed by atoms with Gasteiger partial charge in [0.25, 0.3) is 0 Å². The summed E-state index contributed by atoms with van der Waals surface area (Å²) in [5.74, 6) is -0.848. The second-order valence-corrected chi connectivity index (χ2v) is 2.65. The van der Waals surface area contributed by atoms with Crippen LogP contribution in [0.15, 0.2) is 6.07 Å². The van der Waals surface area contributed by atoms with Crippen LogP contribution in [0.2, 0.25) is 0 Å². The average molecular weight is 168 g/mol. The van der Waals surface area contributed by atoms with Crippen molar-refractivity contribution in [3.05, 3.63) is 17.5 Å². The van der Waals surface area contributed by atoms with Crippen LogP contribution < -0.4 is 5.73 Å². The van der Waals surface area contributed by atoms with Crippen LogP contribution >= 0.6 is 0 Å². The third-order valence-electron chi connectivity index (χ3n) is 1.68. The van der Waals surface area contributed by atoms with Gasteiger partial charge in [-0.05, 0) is 12.5 Å². The summed E-state index contributed by atoms with van der Waals surface area (Å²) >= 11 is 0. The van der Waals surface area contributed by atoms with Crippen molar-refractivity contribution in [2.45, 2.75) is 19.8 Å². The van der Waals surface area contributed by atoms with Gasteiger partial charge < -0.3 is 15.8 Å². The molecule has 0 unspecified atom stereocenters. The maximum atomic E-state index is 10.3. The summed E-state index contributed by atoms with van der Waals surface area (Å²) in [6, 6.07) is 1.67. The summed E-state index contributed by atoms with van der Waals surface area (Å²) in [4.78, 5) is 13.3. The van der Waals surface area contributed by atoms with E-state index in [1.807, 2.05) is 6.92 Å². The number of nitrogen functional groups attached to an aromatic ring is 1. The van der Waals surface area contributed by atoms with Crippen LogP contribution in [-0.2, 0) is 17.6 Å². The SMILES string of the molecule is CCc1[nH]c(CC(=O)O)cc1N. The third-order valence-corrected chi connectivity index (χ3v) is 1.68. The number of nitrogens with two attached hydrogens (primary N) is 1. The Kier molecular flexibility index (Phi) is 2.38. The predicted octanol–water partition coefficient (Wildman–Crippen LogP) is 0.786. The molecule has 1 aromatic heterocycles. The molecular formula is C8H12N2O2. The number of aryl methyl sites for hydroxylation is 1. The number of hydrogen-bond acceptors (Lipinski definition) is 2.